The Morgan fingerprint density at radius 1 is 1.28 bits per heavy atom. The molecule has 0 spiro atoms. The molecule has 0 aliphatic carbocycles. The highest BCUT2D eigenvalue weighted by Crippen LogP contribution is 2.28. The molecule has 0 aliphatic heterocycles. The van der Waals surface area contributed by atoms with Crippen molar-refractivity contribution in [3.63, 3.8) is 0 Å². The molecule has 0 atom stereocenters. The number of rotatable bonds is 6. The van der Waals surface area contributed by atoms with E-state index in [2.05, 4.69) is 22.5 Å². The van der Waals surface area contributed by atoms with Gasteiger partial charge >= 0.3 is 0 Å². The van der Waals surface area contributed by atoms with Gasteiger partial charge in [-0.2, -0.15) is 0 Å². The number of nitrogens with one attached hydrogen (secondary N) is 2. The zero-order valence-electron chi connectivity index (χ0n) is 14.2. The first-order chi connectivity index (χ1) is 12.1. The van der Waals surface area contributed by atoms with Crippen LogP contribution in [-0.4, -0.2) is 17.4 Å². The van der Waals surface area contributed by atoms with Crippen molar-refractivity contribution in [2.75, 3.05) is 11.9 Å². The molecule has 3 aromatic rings. The van der Waals surface area contributed by atoms with Gasteiger partial charge in [-0.15, -0.1) is 0 Å². The van der Waals surface area contributed by atoms with Crippen LogP contribution in [-0.2, 0) is 0 Å². The standard InChI is InChI=1S/C19H20ClN3O2/c1-3-4-8-21-19(24)16-11-17-14(7-9-25-17)18(23-16)22-13-6-5-12(2)15(20)10-13/h5-7,9-11H,3-4,8H2,1-2H3,(H,21,24)(H,22,23). The number of fused-ring (bicyclic) bond motifs is 1. The molecule has 0 fully saturated rings. The van der Waals surface area contributed by atoms with Gasteiger partial charge in [0.2, 0.25) is 0 Å². The van der Waals surface area contributed by atoms with E-state index in [-0.39, 0.29) is 5.91 Å². The van der Waals surface area contributed by atoms with Gasteiger partial charge in [0.25, 0.3) is 5.91 Å². The Morgan fingerprint density at radius 3 is 2.88 bits per heavy atom. The van der Waals surface area contributed by atoms with Crippen molar-refractivity contribution in [3.8, 4) is 0 Å². The van der Waals surface area contributed by atoms with Crippen molar-refractivity contribution in [2.24, 2.45) is 0 Å². The van der Waals surface area contributed by atoms with Crippen LogP contribution in [0.2, 0.25) is 5.02 Å². The normalized spacial score (nSPS) is 10.8. The van der Waals surface area contributed by atoms with Gasteiger partial charge in [0.05, 0.1) is 11.6 Å². The maximum absolute atomic E-state index is 12.3. The fraction of sp³-hybridized carbons (Fsp3) is 0.263. The molecule has 6 heteroatoms. The van der Waals surface area contributed by atoms with E-state index in [0.717, 1.165) is 29.5 Å². The lowest BCUT2D eigenvalue weighted by molar-refractivity contribution is 0.0948. The third kappa shape index (κ3) is 3.94. The number of halogens is 1. The summed E-state index contributed by atoms with van der Waals surface area (Å²) in [5, 5.41) is 7.58. The molecule has 0 bridgehead atoms. The van der Waals surface area contributed by atoms with Crippen LogP contribution in [0.3, 0.4) is 0 Å². The Morgan fingerprint density at radius 2 is 2.12 bits per heavy atom. The minimum absolute atomic E-state index is 0.211. The number of pyridine rings is 1. The lowest BCUT2D eigenvalue weighted by Crippen LogP contribution is -2.25. The average Bonchev–Trinajstić information content (AvgIpc) is 3.07. The van der Waals surface area contributed by atoms with Crippen molar-refractivity contribution >= 4 is 40.0 Å². The summed E-state index contributed by atoms with van der Waals surface area (Å²) in [5.41, 5.74) is 2.72. The number of anilines is 2. The van der Waals surface area contributed by atoms with Gasteiger partial charge in [-0.05, 0) is 37.1 Å². The highest BCUT2D eigenvalue weighted by Gasteiger charge is 2.14. The number of aromatic nitrogens is 1. The van der Waals surface area contributed by atoms with Gasteiger partial charge < -0.3 is 15.1 Å². The molecule has 0 saturated carbocycles. The molecular formula is C19H20ClN3O2. The molecule has 2 heterocycles. The van der Waals surface area contributed by atoms with Crippen LogP contribution in [0, 0.1) is 6.92 Å². The number of benzene rings is 1. The van der Waals surface area contributed by atoms with Crippen LogP contribution in [0.4, 0.5) is 11.5 Å². The van der Waals surface area contributed by atoms with Crippen molar-refractivity contribution in [1.29, 1.82) is 0 Å². The second-order valence-corrected chi connectivity index (χ2v) is 6.29. The molecule has 2 N–H and O–H groups in total. The van der Waals surface area contributed by atoms with Crippen molar-refractivity contribution in [2.45, 2.75) is 26.7 Å². The maximum atomic E-state index is 12.3. The van der Waals surface area contributed by atoms with Crippen molar-refractivity contribution < 1.29 is 9.21 Å². The molecule has 130 valence electrons. The second-order valence-electron chi connectivity index (χ2n) is 5.89. The van der Waals surface area contributed by atoms with Crippen LogP contribution in [0.5, 0.6) is 0 Å². The summed E-state index contributed by atoms with van der Waals surface area (Å²) in [4.78, 5) is 16.8. The smallest absolute Gasteiger partial charge is 0.270 e. The van der Waals surface area contributed by atoms with Crippen LogP contribution in [0.15, 0.2) is 41.0 Å². The predicted molar refractivity (Wildman–Crippen MR) is 101 cm³/mol. The van der Waals surface area contributed by atoms with Gasteiger partial charge in [-0.25, -0.2) is 4.98 Å². The maximum Gasteiger partial charge on any atom is 0.270 e. The number of hydrogen-bond acceptors (Lipinski definition) is 4. The molecule has 0 saturated heterocycles. The minimum atomic E-state index is -0.211. The quantitative estimate of drug-likeness (QED) is 0.605. The number of furan rings is 1. The van der Waals surface area contributed by atoms with Crippen molar-refractivity contribution in [1.82, 2.24) is 10.3 Å². The average molecular weight is 358 g/mol. The highest BCUT2D eigenvalue weighted by atomic mass is 35.5. The molecule has 1 aromatic carbocycles. The van der Waals surface area contributed by atoms with E-state index in [0.29, 0.717) is 28.7 Å². The van der Waals surface area contributed by atoms with Gasteiger partial charge in [-0.3, -0.25) is 4.79 Å². The summed E-state index contributed by atoms with van der Waals surface area (Å²) in [5.74, 6) is 0.351. The van der Waals surface area contributed by atoms with Gasteiger partial charge in [0.15, 0.2) is 0 Å². The van der Waals surface area contributed by atoms with Crippen molar-refractivity contribution in [3.05, 3.63) is 52.9 Å². The molecule has 25 heavy (non-hydrogen) atoms. The molecule has 0 radical (unpaired) electrons. The number of hydrogen-bond donors (Lipinski definition) is 2. The third-order valence-corrected chi connectivity index (χ3v) is 4.34. The SMILES string of the molecule is CCCCNC(=O)c1cc2occc2c(Nc2ccc(C)c(Cl)c2)n1. The van der Waals surface area contributed by atoms with Gasteiger partial charge in [0.1, 0.15) is 17.1 Å². The molecule has 0 aliphatic rings. The molecule has 3 rings (SSSR count). The number of amides is 1. The van der Waals surface area contributed by atoms with E-state index in [9.17, 15) is 4.79 Å². The fourth-order valence-electron chi connectivity index (χ4n) is 2.45. The van der Waals surface area contributed by atoms with E-state index in [4.69, 9.17) is 16.0 Å². The first-order valence-electron chi connectivity index (χ1n) is 8.28. The highest BCUT2D eigenvalue weighted by molar-refractivity contribution is 6.31. The summed E-state index contributed by atoms with van der Waals surface area (Å²) in [6, 6.07) is 9.16. The zero-order chi connectivity index (χ0) is 17.8. The number of nitrogens with zero attached hydrogens (tertiary/aromatic N) is 1. The van der Waals surface area contributed by atoms with Gasteiger partial charge in [0, 0.05) is 23.3 Å². The fourth-order valence-corrected chi connectivity index (χ4v) is 2.63. The van der Waals surface area contributed by atoms with Gasteiger partial charge in [-0.1, -0.05) is 31.0 Å². The number of carbonyl (C=O) groups is 1. The lowest BCUT2D eigenvalue weighted by atomic mass is 10.2. The lowest BCUT2D eigenvalue weighted by Gasteiger charge is -2.10. The van der Waals surface area contributed by atoms with E-state index in [1.165, 1.54) is 0 Å². The van der Waals surface area contributed by atoms with E-state index >= 15 is 0 Å². The number of carbonyl (C=O) groups excluding carboxylic acids is 1. The monoisotopic (exact) mass is 357 g/mol. The summed E-state index contributed by atoms with van der Waals surface area (Å²) < 4.78 is 5.47. The first kappa shape index (κ1) is 17.3. The van der Waals surface area contributed by atoms with Crippen LogP contribution < -0.4 is 10.6 Å². The molecular weight excluding hydrogens is 338 g/mol. The number of unbranched alkanes of at least 4 members (excludes halogenated alkanes) is 1. The van der Waals surface area contributed by atoms with Crippen LogP contribution in [0.25, 0.3) is 11.0 Å². The topological polar surface area (TPSA) is 67.2 Å². The molecule has 5 nitrogen and oxygen atoms in total. The van der Waals surface area contributed by atoms with E-state index in [1.807, 2.05) is 31.2 Å². The Labute approximate surface area is 151 Å². The third-order valence-electron chi connectivity index (χ3n) is 3.93. The zero-order valence-corrected chi connectivity index (χ0v) is 15.0. The van der Waals surface area contributed by atoms with E-state index < -0.39 is 0 Å². The predicted octanol–water partition coefficient (Wildman–Crippen LogP) is 5.06. The molecule has 2 aromatic heterocycles. The van der Waals surface area contributed by atoms with Crippen LogP contribution in [0.1, 0.15) is 35.8 Å². The summed E-state index contributed by atoms with van der Waals surface area (Å²) in [7, 11) is 0. The summed E-state index contributed by atoms with van der Waals surface area (Å²) in [6.07, 6.45) is 3.53. The Bertz CT molecular complexity index is 905. The molecule has 1 amide bonds. The largest absolute Gasteiger partial charge is 0.464 e. The Kier molecular flexibility index (Phi) is 5.24. The second kappa shape index (κ2) is 7.57. The Balaban J connectivity index is 1.92. The Hall–Kier alpha value is -2.53. The molecule has 0 unspecified atom stereocenters. The first-order valence-corrected chi connectivity index (χ1v) is 8.66. The summed E-state index contributed by atoms with van der Waals surface area (Å²) in [6.45, 7) is 4.65. The summed E-state index contributed by atoms with van der Waals surface area (Å²) >= 11 is 6.19. The van der Waals surface area contributed by atoms with E-state index in [1.54, 1.807) is 12.3 Å². The number of aryl methyl sites for hydroxylation is 1. The van der Waals surface area contributed by atoms with Crippen LogP contribution >= 0.6 is 11.6 Å². The minimum Gasteiger partial charge on any atom is -0.464 e.